The minimum atomic E-state index is 0.264. The average molecular weight is 298 g/mol. The number of aromatic nitrogens is 2. The molecule has 2 fully saturated rings. The first-order valence-corrected chi connectivity index (χ1v) is 8.22. The number of halogens is 1. The molecule has 0 saturated carbocycles. The SMILES string of the molecule is CCCNC(c1c(Cl)cnn1CC)C1CC2CCC1O2. The van der Waals surface area contributed by atoms with Crippen molar-refractivity contribution in [1.29, 1.82) is 0 Å². The number of aryl methyl sites for hydroxylation is 1. The number of fused-ring (bicyclic) bond motifs is 2. The molecule has 3 rings (SSSR count). The number of nitrogens with one attached hydrogen (secondary N) is 1. The Hall–Kier alpha value is -0.580. The Bertz CT molecular complexity index is 462. The van der Waals surface area contributed by atoms with Crippen LogP contribution in [0.1, 0.15) is 51.3 Å². The molecular formula is C15H24ClN3O. The van der Waals surface area contributed by atoms with Crippen LogP contribution in [0.25, 0.3) is 0 Å². The molecule has 2 aliphatic rings. The fourth-order valence-electron chi connectivity index (χ4n) is 3.71. The van der Waals surface area contributed by atoms with Crippen molar-refractivity contribution in [3.05, 3.63) is 16.9 Å². The molecule has 0 radical (unpaired) electrons. The first kappa shape index (κ1) is 14.4. The van der Waals surface area contributed by atoms with E-state index in [1.165, 1.54) is 12.8 Å². The maximum atomic E-state index is 6.41. The third-order valence-corrected chi connectivity index (χ3v) is 4.91. The van der Waals surface area contributed by atoms with Gasteiger partial charge in [0, 0.05) is 12.5 Å². The molecule has 0 spiro atoms. The molecule has 20 heavy (non-hydrogen) atoms. The van der Waals surface area contributed by atoms with Gasteiger partial charge < -0.3 is 10.1 Å². The van der Waals surface area contributed by atoms with E-state index < -0.39 is 0 Å². The van der Waals surface area contributed by atoms with Gasteiger partial charge in [-0.05, 0) is 39.2 Å². The van der Waals surface area contributed by atoms with Crippen molar-refractivity contribution in [2.24, 2.45) is 5.92 Å². The van der Waals surface area contributed by atoms with Crippen LogP contribution in [-0.4, -0.2) is 28.5 Å². The standard InChI is InChI=1S/C15H24ClN3O/c1-3-7-17-14(11-8-10-5-6-13(11)20-10)15-12(16)9-18-19(15)4-2/h9-11,13-14,17H,3-8H2,1-2H3. The zero-order valence-electron chi connectivity index (χ0n) is 12.3. The van der Waals surface area contributed by atoms with Crippen LogP contribution in [0.3, 0.4) is 0 Å². The number of ether oxygens (including phenoxy) is 1. The Morgan fingerprint density at radius 3 is 2.95 bits per heavy atom. The van der Waals surface area contributed by atoms with E-state index in [2.05, 4.69) is 24.3 Å². The Morgan fingerprint density at radius 2 is 2.35 bits per heavy atom. The number of hydrogen-bond donors (Lipinski definition) is 1. The van der Waals surface area contributed by atoms with Crippen LogP contribution in [0.4, 0.5) is 0 Å². The molecule has 5 heteroatoms. The van der Waals surface area contributed by atoms with Gasteiger partial charge >= 0.3 is 0 Å². The monoisotopic (exact) mass is 297 g/mol. The van der Waals surface area contributed by atoms with Crippen LogP contribution in [0.15, 0.2) is 6.20 Å². The summed E-state index contributed by atoms with van der Waals surface area (Å²) in [5.74, 6) is 0.528. The van der Waals surface area contributed by atoms with E-state index in [0.717, 1.165) is 36.6 Å². The molecule has 2 bridgehead atoms. The van der Waals surface area contributed by atoms with Gasteiger partial charge in [0.05, 0.1) is 35.2 Å². The summed E-state index contributed by atoms with van der Waals surface area (Å²) in [4.78, 5) is 0. The van der Waals surface area contributed by atoms with Gasteiger partial charge in [0.15, 0.2) is 0 Å². The summed E-state index contributed by atoms with van der Waals surface area (Å²) in [6.07, 6.45) is 7.32. The highest BCUT2D eigenvalue weighted by Crippen LogP contribution is 2.45. The van der Waals surface area contributed by atoms with Crippen molar-refractivity contribution < 1.29 is 4.74 Å². The van der Waals surface area contributed by atoms with Gasteiger partial charge in [-0.3, -0.25) is 4.68 Å². The molecule has 1 aromatic heterocycles. The highest BCUT2D eigenvalue weighted by atomic mass is 35.5. The van der Waals surface area contributed by atoms with Crippen molar-refractivity contribution >= 4 is 11.6 Å². The van der Waals surface area contributed by atoms with Crippen LogP contribution >= 0.6 is 11.6 Å². The third kappa shape index (κ3) is 2.49. The Kier molecular flexibility index (Phi) is 4.34. The van der Waals surface area contributed by atoms with Gasteiger partial charge in [0.1, 0.15) is 0 Å². The number of rotatable bonds is 6. The summed E-state index contributed by atoms with van der Waals surface area (Å²) < 4.78 is 8.07. The first-order chi connectivity index (χ1) is 9.74. The molecule has 112 valence electrons. The number of hydrogen-bond acceptors (Lipinski definition) is 3. The predicted molar refractivity (Wildman–Crippen MR) is 79.9 cm³/mol. The molecule has 0 aliphatic carbocycles. The summed E-state index contributed by atoms with van der Waals surface area (Å²) in [6, 6.07) is 0.264. The lowest BCUT2D eigenvalue weighted by Gasteiger charge is -2.30. The minimum absolute atomic E-state index is 0.264. The topological polar surface area (TPSA) is 39.1 Å². The van der Waals surface area contributed by atoms with Crippen molar-refractivity contribution in [1.82, 2.24) is 15.1 Å². The zero-order chi connectivity index (χ0) is 14.1. The predicted octanol–water partition coefficient (Wildman–Crippen LogP) is 3.16. The maximum Gasteiger partial charge on any atom is 0.0834 e. The second-order valence-electron chi connectivity index (χ2n) is 5.90. The fourth-order valence-corrected chi connectivity index (χ4v) is 3.97. The quantitative estimate of drug-likeness (QED) is 0.876. The average Bonchev–Trinajstić information content (AvgIpc) is 3.15. The van der Waals surface area contributed by atoms with Crippen LogP contribution in [0.2, 0.25) is 5.02 Å². The minimum Gasteiger partial charge on any atom is -0.375 e. The van der Waals surface area contributed by atoms with Gasteiger partial charge in [-0.25, -0.2) is 0 Å². The van der Waals surface area contributed by atoms with Crippen molar-refractivity contribution in [3.8, 4) is 0 Å². The Balaban J connectivity index is 1.87. The summed E-state index contributed by atoms with van der Waals surface area (Å²) >= 11 is 6.41. The summed E-state index contributed by atoms with van der Waals surface area (Å²) in [7, 11) is 0. The molecule has 2 saturated heterocycles. The van der Waals surface area contributed by atoms with Crippen molar-refractivity contribution in [3.63, 3.8) is 0 Å². The van der Waals surface area contributed by atoms with E-state index in [1.807, 2.05) is 4.68 Å². The largest absolute Gasteiger partial charge is 0.375 e. The summed E-state index contributed by atoms with van der Waals surface area (Å²) in [6.45, 7) is 6.17. The molecule has 1 aromatic rings. The highest BCUT2D eigenvalue weighted by molar-refractivity contribution is 6.31. The highest BCUT2D eigenvalue weighted by Gasteiger charge is 2.45. The zero-order valence-corrected chi connectivity index (χ0v) is 13.1. The van der Waals surface area contributed by atoms with Crippen molar-refractivity contribution in [2.45, 2.75) is 64.3 Å². The molecule has 4 nitrogen and oxygen atoms in total. The van der Waals surface area contributed by atoms with E-state index in [9.17, 15) is 0 Å². The molecule has 2 aliphatic heterocycles. The molecule has 1 N–H and O–H groups in total. The lowest BCUT2D eigenvalue weighted by molar-refractivity contribution is 0.0849. The summed E-state index contributed by atoms with van der Waals surface area (Å²) in [5.41, 5.74) is 1.14. The van der Waals surface area contributed by atoms with Crippen LogP contribution in [-0.2, 0) is 11.3 Å². The normalized spacial score (nSPS) is 30.1. The number of nitrogens with zero attached hydrogens (tertiary/aromatic N) is 2. The van der Waals surface area contributed by atoms with Crippen LogP contribution in [0.5, 0.6) is 0 Å². The lowest BCUT2D eigenvalue weighted by Crippen LogP contribution is -2.36. The molecule has 4 unspecified atom stereocenters. The maximum absolute atomic E-state index is 6.41. The Labute approximate surface area is 125 Å². The third-order valence-electron chi connectivity index (χ3n) is 4.62. The lowest BCUT2D eigenvalue weighted by atomic mass is 9.82. The van der Waals surface area contributed by atoms with Gasteiger partial charge in [0.25, 0.3) is 0 Å². The molecule has 4 atom stereocenters. The van der Waals surface area contributed by atoms with Crippen molar-refractivity contribution in [2.75, 3.05) is 6.54 Å². The second-order valence-corrected chi connectivity index (χ2v) is 6.31. The fraction of sp³-hybridized carbons (Fsp3) is 0.800. The van der Waals surface area contributed by atoms with E-state index >= 15 is 0 Å². The van der Waals surface area contributed by atoms with E-state index in [-0.39, 0.29) is 6.04 Å². The van der Waals surface area contributed by atoms with Gasteiger partial charge in [-0.2, -0.15) is 5.10 Å². The smallest absolute Gasteiger partial charge is 0.0834 e. The van der Waals surface area contributed by atoms with E-state index in [4.69, 9.17) is 16.3 Å². The van der Waals surface area contributed by atoms with Crippen LogP contribution < -0.4 is 5.32 Å². The van der Waals surface area contributed by atoms with Gasteiger partial charge in [-0.15, -0.1) is 0 Å². The van der Waals surface area contributed by atoms with E-state index in [1.54, 1.807) is 6.20 Å². The van der Waals surface area contributed by atoms with Crippen LogP contribution in [0, 0.1) is 5.92 Å². The molecule has 0 amide bonds. The molecule has 3 heterocycles. The Morgan fingerprint density at radius 1 is 1.50 bits per heavy atom. The van der Waals surface area contributed by atoms with E-state index in [0.29, 0.717) is 18.1 Å². The van der Waals surface area contributed by atoms with Gasteiger partial charge in [-0.1, -0.05) is 18.5 Å². The second kappa shape index (κ2) is 6.04. The van der Waals surface area contributed by atoms with Gasteiger partial charge in [0.2, 0.25) is 0 Å². The molecular weight excluding hydrogens is 274 g/mol. The molecule has 0 aromatic carbocycles. The first-order valence-electron chi connectivity index (χ1n) is 7.84. The summed E-state index contributed by atoms with van der Waals surface area (Å²) in [5, 5.41) is 8.87.